The molecule has 108 valence electrons. The number of piperidine rings is 1. The molecule has 0 radical (unpaired) electrons. The molecule has 20 heavy (non-hydrogen) atoms. The molecule has 0 saturated carbocycles. The second kappa shape index (κ2) is 5.72. The number of amides is 2. The second-order valence-corrected chi connectivity index (χ2v) is 4.85. The van der Waals surface area contributed by atoms with Crippen molar-refractivity contribution in [3.8, 4) is 0 Å². The van der Waals surface area contributed by atoms with E-state index in [0.717, 1.165) is 12.8 Å². The molecule has 1 saturated heterocycles. The molecule has 2 heterocycles. The molecule has 1 aromatic heterocycles. The van der Waals surface area contributed by atoms with E-state index in [1.807, 2.05) is 0 Å². The number of primary amides is 1. The van der Waals surface area contributed by atoms with Crippen LogP contribution >= 0.6 is 0 Å². The van der Waals surface area contributed by atoms with Crippen LogP contribution in [0.5, 0.6) is 0 Å². The highest BCUT2D eigenvalue weighted by Gasteiger charge is 2.25. The highest BCUT2D eigenvalue weighted by atomic mass is 16.6. The van der Waals surface area contributed by atoms with E-state index in [4.69, 9.17) is 5.73 Å². The highest BCUT2D eigenvalue weighted by Crippen LogP contribution is 2.27. The van der Waals surface area contributed by atoms with Crippen molar-refractivity contribution < 1.29 is 9.72 Å². The maximum atomic E-state index is 11.2. The molecule has 3 N–H and O–H groups in total. The van der Waals surface area contributed by atoms with Gasteiger partial charge in [-0.3, -0.25) is 10.1 Å². The smallest absolute Gasteiger partial charge is 0.314 e. The minimum absolute atomic E-state index is 0.0244. The van der Waals surface area contributed by atoms with Crippen LogP contribution in [0.3, 0.4) is 0 Å². The average molecular weight is 279 g/mol. The number of hydrogen-bond donors (Lipinski definition) is 2. The van der Waals surface area contributed by atoms with Gasteiger partial charge in [0, 0.05) is 30.9 Å². The van der Waals surface area contributed by atoms with Gasteiger partial charge in [-0.2, -0.15) is 0 Å². The van der Waals surface area contributed by atoms with Crippen LogP contribution in [-0.2, 0) is 0 Å². The molecule has 2 amide bonds. The number of urea groups is 1. The SMILES string of the molecule is Cc1ccnc(NC2CCCN(C(N)=O)C2)c1[N+](=O)[O-]. The first-order valence-electron chi connectivity index (χ1n) is 6.40. The molecule has 8 nitrogen and oxygen atoms in total. The monoisotopic (exact) mass is 279 g/mol. The molecular formula is C12H17N5O3. The molecule has 0 aliphatic carbocycles. The summed E-state index contributed by atoms with van der Waals surface area (Å²) in [6, 6.07) is 1.05. The van der Waals surface area contributed by atoms with Gasteiger partial charge in [0.25, 0.3) is 0 Å². The van der Waals surface area contributed by atoms with Gasteiger partial charge in [-0.25, -0.2) is 9.78 Å². The van der Waals surface area contributed by atoms with E-state index < -0.39 is 11.0 Å². The normalized spacial score (nSPS) is 18.6. The second-order valence-electron chi connectivity index (χ2n) is 4.85. The van der Waals surface area contributed by atoms with Crippen molar-refractivity contribution in [2.45, 2.75) is 25.8 Å². The molecule has 1 aromatic rings. The number of hydrogen-bond acceptors (Lipinski definition) is 5. The molecular weight excluding hydrogens is 262 g/mol. The van der Waals surface area contributed by atoms with Crippen molar-refractivity contribution in [3.05, 3.63) is 27.9 Å². The van der Waals surface area contributed by atoms with Crippen molar-refractivity contribution in [1.29, 1.82) is 0 Å². The van der Waals surface area contributed by atoms with Gasteiger partial charge in [-0.05, 0) is 25.8 Å². The number of carbonyl (C=O) groups is 1. The standard InChI is InChI=1S/C12H17N5O3/c1-8-4-5-14-11(10(8)17(19)20)15-9-3-2-6-16(7-9)12(13)18/h4-5,9H,2-3,6-7H2,1H3,(H2,13,18)(H,14,15). The fourth-order valence-corrected chi connectivity index (χ4v) is 2.38. The van der Waals surface area contributed by atoms with Crippen molar-refractivity contribution in [1.82, 2.24) is 9.88 Å². The Morgan fingerprint density at radius 3 is 3.05 bits per heavy atom. The number of rotatable bonds is 3. The largest absolute Gasteiger partial charge is 0.360 e. The van der Waals surface area contributed by atoms with Gasteiger partial charge in [-0.15, -0.1) is 0 Å². The number of nitro groups is 1. The number of nitrogens with zero attached hydrogens (tertiary/aromatic N) is 3. The maximum Gasteiger partial charge on any atom is 0.314 e. The van der Waals surface area contributed by atoms with E-state index >= 15 is 0 Å². The van der Waals surface area contributed by atoms with E-state index in [9.17, 15) is 14.9 Å². The fraction of sp³-hybridized carbons (Fsp3) is 0.500. The topological polar surface area (TPSA) is 114 Å². The first-order chi connectivity index (χ1) is 9.49. The molecule has 0 spiro atoms. The maximum absolute atomic E-state index is 11.2. The summed E-state index contributed by atoms with van der Waals surface area (Å²) < 4.78 is 0. The van der Waals surface area contributed by atoms with Crippen LogP contribution in [0.4, 0.5) is 16.3 Å². The fourth-order valence-electron chi connectivity index (χ4n) is 2.38. The van der Waals surface area contributed by atoms with E-state index in [1.54, 1.807) is 13.0 Å². The van der Waals surface area contributed by atoms with Gasteiger partial charge < -0.3 is 16.0 Å². The molecule has 8 heteroatoms. The Morgan fingerprint density at radius 1 is 1.65 bits per heavy atom. The van der Waals surface area contributed by atoms with Crippen LogP contribution in [0, 0.1) is 17.0 Å². The molecule has 0 bridgehead atoms. The lowest BCUT2D eigenvalue weighted by Crippen LogP contribution is -2.47. The first-order valence-corrected chi connectivity index (χ1v) is 6.40. The summed E-state index contributed by atoms with van der Waals surface area (Å²) in [5.41, 5.74) is 5.79. The zero-order chi connectivity index (χ0) is 14.7. The lowest BCUT2D eigenvalue weighted by molar-refractivity contribution is -0.384. The van der Waals surface area contributed by atoms with Gasteiger partial charge in [0.2, 0.25) is 5.82 Å². The third-order valence-electron chi connectivity index (χ3n) is 3.38. The summed E-state index contributed by atoms with van der Waals surface area (Å²) in [5, 5.41) is 14.2. The zero-order valence-electron chi connectivity index (χ0n) is 11.2. The Balaban J connectivity index is 2.16. The molecule has 0 aromatic carbocycles. The lowest BCUT2D eigenvalue weighted by Gasteiger charge is -2.32. The summed E-state index contributed by atoms with van der Waals surface area (Å²) in [4.78, 5) is 27.4. The summed E-state index contributed by atoms with van der Waals surface area (Å²) in [7, 11) is 0. The van der Waals surface area contributed by atoms with Gasteiger partial charge in [0.15, 0.2) is 0 Å². The highest BCUT2D eigenvalue weighted by molar-refractivity contribution is 5.72. The number of anilines is 1. The summed E-state index contributed by atoms with van der Waals surface area (Å²) in [6.45, 7) is 2.72. The van der Waals surface area contributed by atoms with Gasteiger partial charge in [0.05, 0.1) is 4.92 Å². The van der Waals surface area contributed by atoms with Crippen LogP contribution in [0.1, 0.15) is 18.4 Å². The van der Waals surface area contributed by atoms with Crippen LogP contribution in [-0.4, -0.2) is 40.0 Å². The number of likely N-dealkylation sites (tertiary alicyclic amines) is 1. The van der Waals surface area contributed by atoms with E-state index in [1.165, 1.54) is 11.1 Å². The first kappa shape index (κ1) is 14.0. The minimum Gasteiger partial charge on any atom is -0.360 e. The quantitative estimate of drug-likeness (QED) is 0.638. The van der Waals surface area contributed by atoms with Crippen LogP contribution in [0.25, 0.3) is 0 Å². The Hall–Kier alpha value is -2.38. The molecule has 1 aliphatic heterocycles. The Morgan fingerprint density at radius 2 is 2.40 bits per heavy atom. The number of nitrogens with one attached hydrogen (secondary N) is 1. The zero-order valence-corrected chi connectivity index (χ0v) is 11.2. The predicted molar refractivity (Wildman–Crippen MR) is 73.4 cm³/mol. The van der Waals surface area contributed by atoms with Gasteiger partial charge >= 0.3 is 11.7 Å². The van der Waals surface area contributed by atoms with Crippen molar-refractivity contribution >= 4 is 17.5 Å². The summed E-state index contributed by atoms with van der Waals surface area (Å²) >= 11 is 0. The van der Waals surface area contributed by atoms with Crippen LogP contribution < -0.4 is 11.1 Å². The molecule has 1 aliphatic rings. The third kappa shape index (κ3) is 2.95. The Bertz CT molecular complexity index is 534. The molecule has 1 unspecified atom stereocenters. The Kier molecular flexibility index (Phi) is 4.02. The molecule has 1 fully saturated rings. The van der Waals surface area contributed by atoms with E-state index in [0.29, 0.717) is 18.7 Å². The summed E-state index contributed by atoms with van der Waals surface area (Å²) in [6.07, 6.45) is 3.15. The number of pyridine rings is 1. The lowest BCUT2D eigenvalue weighted by atomic mass is 10.1. The van der Waals surface area contributed by atoms with Crippen LogP contribution in [0.2, 0.25) is 0 Å². The Labute approximate surface area is 116 Å². The minimum atomic E-state index is -0.469. The van der Waals surface area contributed by atoms with Crippen molar-refractivity contribution in [2.24, 2.45) is 5.73 Å². The van der Waals surface area contributed by atoms with Gasteiger partial charge in [0.1, 0.15) is 0 Å². The number of aromatic nitrogens is 1. The summed E-state index contributed by atoms with van der Waals surface area (Å²) in [5.74, 6) is 0.242. The third-order valence-corrected chi connectivity index (χ3v) is 3.38. The predicted octanol–water partition coefficient (Wildman–Crippen LogP) is 1.25. The van der Waals surface area contributed by atoms with Crippen molar-refractivity contribution in [2.75, 3.05) is 18.4 Å². The number of nitrogens with two attached hydrogens (primary N) is 1. The molecule has 2 rings (SSSR count). The van der Waals surface area contributed by atoms with Crippen molar-refractivity contribution in [3.63, 3.8) is 0 Å². The van der Waals surface area contributed by atoms with E-state index in [2.05, 4.69) is 10.3 Å². The average Bonchev–Trinajstić information content (AvgIpc) is 2.38. The van der Waals surface area contributed by atoms with Gasteiger partial charge in [-0.1, -0.05) is 0 Å². The number of carbonyl (C=O) groups excluding carboxylic acids is 1. The van der Waals surface area contributed by atoms with Crippen LogP contribution in [0.15, 0.2) is 12.3 Å². The molecule has 1 atom stereocenters. The number of aryl methyl sites for hydroxylation is 1. The van der Waals surface area contributed by atoms with E-state index in [-0.39, 0.29) is 17.5 Å².